The summed E-state index contributed by atoms with van der Waals surface area (Å²) in [6.45, 7) is 2.57. The van der Waals surface area contributed by atoms with Crippen molar-refractivity contribution in [1.29, 1.82) is 0 Å². The molecule has 1 aliphatic rings. The standard InChI is InChI=1S/C23H21N5O5/c1-14-24-11-12-27(14)13-15-7-8-18-21(16-5-3-4-6-17(16)26(18)2)22(15)25-33-23(29)19-9-10-20(32-19)28(30)31/h3-6,9-12,15H,7-8,13H2,1-2H3. The fraction of sp³-hybridized carbons (Fsp3) is 0.261. The maximum Gasteiger partial charge on any atom is 0.433 e. The van der Waals surface area contributed by atoms with E-state index in [0.717, 1.165) is 46.9 Å². The first-order valence-electron chi connectivity index (χ1n) is 10.5. The number of fused-ring (bicyclic) bond motifs is 3. The lowest BCUT2D eigenvalue weighted by atomic mass is 9.84. The van der Waals surface area contributed by atoms with Gasteiger partial charge in [0.25, 0.3) is 0 Å². The Morgan fingerprint density at radius 2 is 2.15 bits per heavy atom. The van der Waals surface area contributed by atoms with Crippen molar-refractivity contribution < 1.29 is 19.0 Å². The zero-order valence-electron chi connectivity index (χ0n) is 18.1. The van der Waals surface area contributed by atoms with Crippen molar-refractivity contribution >= 4 is 28.5 Å². The molecular formula is C23H21N5O5. The third-order valence-corrected chi connectivity index (χ3v) is 6.14. The van der Waals surface area contributed by atoms with Gasteiger partial charge in [0.05, 0.1) is 11.8 Å². The predicted octanol–water partition coefficient (Wildman–Crippen LogP) is 4.01. The number of hydrogen-bond donors (Lipinski definition) is 0. The second-order valence-corrected chi connectivity index (χ2v) is 8.01. The molecule has 0 saturated heterocycles. The molecule has 3 aromatic heterocycles. The van der Waals surface area contributed by atoms with Gasteiger partial charge in [-0.25, -0.2) is 9.78 Å². The molecule has 1 aromatic carbocycles. The number of rotatable bonds is 5. The molecule has 0 fully saturated rings. The van der Waals surface area contributed by atoms with Crippen LogP contribution >= 0.6 is 0 Å². The van der Waals surface area contributed by atoms with Crippen molar-refractivity contribution in [2.45, 2.75) is 26.3 Å². The SMILES string of the molecule is Cc1nccn1CC1CCc2c(c3ccccc3n2C)C1=NOC(=O)c1ccc([N+](=O)[O-])o1. The Hall–Kier alpha value is -4.21. The van der Waals surface area contributed by atoms with Crippen LogP contribution in [0.5, 0.6) is 0 Å². The van der Waals surface area contributed by atoms with Crippen LogP contribution in [0, 0.1) is 23.0 Å². The first-order valence-corrected chi connectivity index (χ1v) is 10.5. The van der Waals surface area contributed by atoms with Gasteiger partial charge in [-0.1, -0.05) is 23.4 Å². The molecule has 3 heterocycles. The molecule has 0 bridgehead atoms. The summed E-state index contributed by atoms with van der Waals surface area (Å²) >= 11 is 0. The predicted molar refractivity (Wildman–Crippen MR) is 119 cm³/mol. The molecule has 0 amide bonds. The summed E-state index contributed by atoms with van der Waals surface area (Å²) in [4.78, 5) is 32.2. The van der Waals surface area contributed by atoms with Crippen LogP contribution in [0.25, 0.3) is 10.9 Å². The summed E-state index contributed by atoms with van der Waals surface area (Å²) in [6.07, 6.45) is 5.34. The minimum absolute atomic E-state index is 0.0186. The van der Waals surface area contributed by atoms with Crippen LogP contribution in [0.4, 0.5) is 5.88 Å². The molecule has 5 rings (SSSR count). The Morgan fingerprint density at radius 1 is 1.33 bits per heavy atom. The van der Waals surface area contributed by atoms with E-state index in [1.807, 2.05) is 49.0 Å². The van der Waals surface area contributed by atoms with E-state index in [2.05, 4.69) is 14.7 Å². The average molecular weight is 447 g/mol. The van der Waals surface area contributed by atoms with Gasteiger partial charge in [0, 0.05) is 54.1 Å². The van der Waals surface area contributed by atoms with Crippen LogP contribution in [0.3, 0.4) is 0 Å². The highest BCUT2D eigenvalue weighted by Crippen LogP contribution is 2.35. The van der Waals surface area contributed by atoms with Crippen LogP contribution in [-0.4, -0.2) is 30.7 Å². The summed E-state index contributed by atoms with van der Waals surface area (Å²) in [5.41, 5.74) is 3.82. The average Bonchev–Trinajstić information content (AvgIpc) is 3.52. The molecule has 0 N–H and O–H groups in total. The van der Waals surface area contributed by atoms with Crippen LogP contribution in [0.2, 0.25) is 0 Å². The van der Waals surface area contributed by atoms with E-state index < -0.39 is 16.8 Å². The van der Waals surface area contributed by atoms with Crippen molar-refractivity contribution in [2.24, 2.45) is 18.1 Å². The summed E-state index contributed by atoms with van der Waals surface area (Å²) in [7, 11) is 2.02. The van der Waals surface area contributed by atoms with Gasteiger partial charge >= 0.3 is 11.9 Å². The molecule has 0 spiro atoms. The van der Waals surface area contributed by atoms with E-state index in [-0.39, 0.29) is 11.7 Å². The number of aryl methyl sites for hydroxylation is 2. The lowest BCUT2D eigenvalue weighted by Crippen LogP contribution is -2.28. The number of aromatic nitrogens is 3. The Morgan fingerprint density at radius 3 is 2.88 bits per heavy atom. The number of oxime groups is 1. The topological polar surface area (TPSA) is 118 Å². The maximum absolute atomic E-state index is 12.5. The second-order valence-electron chi connectivity index (χ2n) is 8.01. The normalized spacial score (nSPS) is 16.8. The Bertz CT molecular complexity index is 1410. The summed E-state index contributed by atoms with van der Waals surface area (Å²) in [5, 5.41) is 16.2. The molecule has 33 heavy (non-hydrogen) atoms. The molecular weight excluding hydrogens is 426 g/mol. The quantitative estimate of drug-likeness (QED) is 0.259. The van der Waals surface area contributed by atoms with Crippen molar-refractivity contribution in [3.05, 3.63) is 81.7 Å². The van der Waals surface area contributed by atoms with Gasteiger partial charge in [-0.3, -0.25) is 10.1 Å². The van der Waals surface area contributed by atoms with Gasteiger partial charge < -0.3 is 18.4 Å². The minimum Gasteiger partial charge on any atom is -0.393 e. The van der Waals surface area contributed by atoms with Gasteiger partial charge in [-0.15, -0.1) is 0 Å². The molecule has 0 saturated carbocycles. The van der Waals surface area contributed by atoms with Gasteiger partial charge in [0.1, 0.15) is 10.7 Å². The lowest BCUT2D eigenvalue weighted by Gasteiger charge is -2.25. The third kappa shape index (κ3) is 3.59. The number of hydrogen-bond acceptors (Lipinski definition) is 7. The van der Waals surface area contributed by atoms with Gasteiger partial charge in [-0.05, 0) is 31.9 Å². The monoisotopic (exact) mass is 447 g/mol. The van der Waals surface area contributed by atoms with Crippen LogP contribution in [0.1, 0.15) is 34.1 Å². The Kier molecular flexibility index (Phi) is 5.04. The smallest absolute Gasteiger partial charge is 0.393 e. The molecule has 1 unspecified atom stereocenters. The molecule has 0 aliphatic heterocycles. The van der Waals surface area contributed by atoms with E-state index in [9.17, 15) is 14.9 Å². The van der Waals surface area contributed by atoms with Crippen molar-refractivity contribution in [2.75, 3.05) is 0 Å². The molecule has 0 radical (unpaired) electrons. The number of para-hydroxylation sites is 1. The van der Waals surface area contributed by atoms with Crippen LogP contribution < -0.4 is 0 Å². The number of furan rings is 1. The molecule has 10 nitrogen and oxygen atoms in total. The zero-order valence-corrected chi connectivity index (χ0v) is 18.1. The molecule has 1 atom stereocenters. The number of imidazole rings is 1. The zero-order chi connectivity index (χ0) is 23.1. The van der Waals surface area contributed by atoms with E-state index >= 15 is 0 Å². The highest BCUT2D eigenvalue weighted by Gasteiger charge is 2.32. The van der Waals surface area contributed by atoms with Gasteiger partial charge in [0.15, 0.2) is 0 Å². The van der Waals surface area contributed by atoms with Gasteiger partial charge in [0.2, 0.25) is 5.76 Å². The largest absolute Gasteiger partial charge is 0.433 e. The fourth-order valence-electron chi connectivity index (χ4n) is 4.48. The third-order valence-electron chi connectivity index (χ3n) is 6.14. The molecule has 4 aromatic rings. The van der Waals surface area contributed by atoms with Crippen LogP contribution in [-0.2, 0) is 24.9 Å². The number of benzene rings is 1. The van der Waals surface area contributed by atoms with E-state index in [4.69, 9.17) is 9.25 Å². The Labute approximate surface area is 188 Å². The number of carbonyl (C=O) groups is 1. The molecule has 1 aliphatic carbocycles. The van der Waals surface area contributed by atoms with Crippen molar-refractivity contribution in [3.8, 4) is 0 Å². The minimum atomic E-state index is -0.888. The van der Waals surface area contributed by atoms with E-state index in [1.54, 1.807) is 6.20 Å². The van der Waals surface area contributed by atoms with Crippen molar-refractivity contribution in [3.63, 3.8) is 0 Å². The summed E-state index contributed by atoms with van der Waals surface area (Å²) in [5.74, 6) is -0.826. The number of nitrogens with zero attached hydrogens (tertiary/aromatic N) is 5. The van der Waals surface area contributed by atoms with Gasteiger partial charge in [-0.2, -0.15) is 0 Å². The summed E-state index contributed by atoms with van der Waals surface area (Å²) in [6, 6.07) is 10.4. The number of carbonyl (C=O) groups excluding carboxylic acids is 1. The van der Waals surface area contributed by atoms with Crippen molar-refractivity contribution in [1.82, 2.24) is 14.1 Å². The highest BCUT2D eigenvalue weighted by atomic mass is 16.7. The maximum atomic E-state index is 12.5. The van der Waals surface area contributed by atoms with E-state index in [0.29, 0.717) is 12.3 Å². The highest BCUT2D eigenvalue weighted by molar-refractivity contribution is 6.14. The first-order chi connectivity index (χ1) is 15.9. The summed E-state index contributed by atoms with van der Waals surface area (Å²) < 4.78 is 9.16. The van der Waals surface area contributed by atoms with Crippen LogP contribution in [0.15, 0.2) is 58.4 Å². The molecule has 168 valence electrons. The van der Waals surface area contributed by atoms with E-state index in [1.165, 1.54) is 6.07 Å². The number of nitro groups is 1. The second kappa shape index (κ2) is 8.05. The first kappa shape index (κ1) is 20.7. The Balaban J connectivity index is 1.55. The fourth-order valence-corrected chi connectivity index (χ4v) is 4.48. The molecule has 10 heteroatoms. The lowest BCUT2D eigenvalue weighted by molar-refractivity contribution is -0.402.